The first kappa shape index (κ1) is 9.93. The van der Waals surface area contributed by atoms with Crippen LogP contribution in [0.1, 0.15) is 0 Å². The van der Waals surface area contributed by atoms with Gasteiger partial charge in [-0.15, -0.1) is 0 Å². The third-order valence-corrected chi connectivity index (χ3v) is 1.54. The van der Waals surface area contributed by atoms with E-state index in [1.807, 2.05) is 0 Å². The Bertz CT molecular complexity index is 362. The monoisotopic (exact) mass is 197 g/mol. The van der Waals surface area contributed by atoms with Gasteiger partial charge in [-0.1, -0.05) is 0 Å². The lowest BCUT2D eigenvalue weighted by Crippen LogP contribution is -2.35. The summed E-state index contributed by atoms with van der Waals surface area (Å²) < 4.78 is 0. The largest absolute Gasteiger partial charge is 0.464 e. The van der Waals surface area contributed by atoms with Crippen molar-refractivity contribution in [3.63, 3.8) is 0 Å². The zero-order chi connectivity index (χ0) is 10.7. The summed E-state index contributed by atoms with van der Waals surface area (Å²) in [5.74, 6) is 5.13. The highest BCUT2D eigenvalue weighted by Gasteiger charge is 2.11. The number of hydrogen-bond acceptors (Lipinski definition) is 4. The number of hydrogen-bond donors (Lipinski definition) is 2. The molecule has 0 fully saturated rings. The van der Waals surface area contributed by atoms with Crippen molar-refractivity contribution in [1.29, 1.82) is 0 Å². The molecule has 7 heteroatoms. The van der Waals surface area contributed by atoms with Gasteiger partial charge in [0.15, 0.2) is 0 Å². The molecule has 74 valence electrons. The average Bonchev–Trinajstić information content (AvgIpc) is 2.16. The van der Waals surface area contributed by atoms with Crippen LogP contribution < -0.4 is 10.9 Å². The number of rotatable bonds is 2. The third-order valence-electron chi connectivity index (χ3n) is 1.54. The predicted molar refractivity (Wildman–Crippen MR) is 47.8 cm³/mol. The quantitative estimate of drug-likeness (QED) is 0.317. The van der Waals surface area contributed by atoms with Gasteiger partial charge in [0.25, 0.3) is 5.69 Å². The zero-order valence-electron chi connectivity index (χ0n) is 6.95. The molecule has 0 aliphatic heterocycles. The Morgan fingerprint density at radius 1 is 1.43 bits per heavy atom. The summed E-state index contributed by atoms with van der Waals surface area (Å²) in [5, 5.41) is 19.2. The van der Waals surface area contributed by atoms with E-state index in [9.17, 15) is 14.9 Å². The van der Waals surface area contributed by atoms with Crippen LogP contribution in [0.25, 0.3) is 0 Å². The first-order chi connectivity index (χ1) is 6.52. The summed E-state index contributed by atoms with van der Waals surface area (Å²) in [6.45, 7) is 0. The van der Waals surface area contributed by atoms with Crippen LogP contribution in [-0.4, -0.2) is 16.1 Å². The summed E-state index contributed by atoms with van der Waals surface area (Å²) in [4.78, 5) is 20.1. The predicted octanol–water partition coefficient (Wildman–Crippen LogP) is 0.953. The molecular formula is C7H7N3O4. The van der Waals surface area contributed by atoms with Crippen LogP contribution in [0.5, 0.6) is 0 Å². The van der Waals surface area contributed by atoms with E-state index in [0.29, 0.717) is 5.01 Å². The molecule has 7 nitrogen and oxygen atoms in total. The lowest BCUT2D eigenvalue weighted by molar-refractivity contribution is -0.384. The molecule has 0 bridgehead atoms. The highest BCUT2D eigenvalue weighted by molar-refractivity contribution is 5.84. The van der Waals surface area contributed by atoms with Crippen molar-refractivity contribution in [2.75, 3.05) is 5.01 Å². The van der Waals surface area contributed by atoms with Crippen LogP contribution in [0.4, 0.5) is 16.2 Å². The Labute approximate surface area is 78.5 Å². The number of amides is 1. The fourth-order valence-electron chi connectivity index (χ4n) is 0.845. The van der Waals surface area contributed by atoms with Gasteiger partial charge in [0.05, 0.1) is 10.6 Å². The molecule has 0 unspecified atom stereocenters. The number of hydrazine groups is 1. The van der Waals surface area contributed by atoms with E-state index in [4.69, 9.17) is 10.9 Å². The van der Waals surface area contributed by atoms with E-state index in [2.05, 4.69) is 0 Å². The molecule has 1 amide bonds. The Hall–Kier alpha value is -2.15. The minimum atomic E-state index is -1.33. The van der Waals surface area contributed by atoms with Gasteiger partial charge in [-0.05, 0) is 12.1 Å². The van der Waals surface area contributed by atoms with Crippen LogP contribution in [-0.2, 0) is 0 Å². The molecule has 0 aliphatic rings. The van der Waals surface area contributed by atoms with Crippen LogP contribution >= 0.6 is 0 Å². The summed E-state index contributed by atoms with van der Waals surface area (Å²) in [6.07, 6.45) is -1.33. The second-order valence-electron chi connectivity index (χ2n) is 2.43. The molecule has 0 aliphatic carbocycles. The van der Waals surface area contributed by atoms with E-state index in [-0.39, 0.29) is 11.4 Å². The van der Waals surface area contributed by atoms with Crippen molar-refractivity contribution >= 4 is 17.5 Å². The van der Waals surface area contributed by atoms with Gasteiger partial charge in [-0.3, -0.25) is 10.1 Å². The molecule has 1 aromatic carbocycles. The number of nitrogens with zero attached hydrogens (tertiary/aromatic N) is 2. The maximum atomic E-state index is 10.4. The number of nitro groups is 1. The number of carboxylic acid groups (broad SMARTS) is 1. The summed E-state index contributed by atoms with van der Waals surface area (Å²) in [7, 11) is 0. The van der Waals surface area contributed by atoms with Crippen molar-refractivity contribution in [3.05, 3.63) is 34.4 Å². The number of non-ortho nitro benzene ring substituents is 1. The Morgan fingerprint density at radius 2 is 1.93 bits per heavy atom. The van der Waals surface area contributed by atoms with Crippen molar-refractivity contribution in [2.24, 2.45) is 5.84 Å². The third kappa shape index (κ3) is 1.96. The summed E-state index contributed by atoms with van der Waals surface area (Å²) >= 11 is 0. The van der Waals surface area contributed by atoms with Gasteiger partial charge in [0, 0.05) is 12.1 Å². The molecule has 0 saturated carbocycles. The van der Waals surface area contributed by atoms with Gasteiger partial charge >= 0.3 is 6.09 Å². The standard InChI is InChI=1S/C7H7N3O4/c8-9(7(11)12)5-1-3-6(4-2-5)10(13)14/h1-4H,8H2,(H,11,12). The molecular weight excluding hydrogens is 190 g/mol. The molecule has 1 rings (SSSR count). The number of nitro benzene ring substituents is 1. The van der Waals surface area contributed by atoms with E-state index in [1.165, 1.54) is 24.3 Å². The average molecular weight is 197 g/mol. The molecule has 0 heterocycles. The first-order valence-corrected chi connectivity index (χ1v) is 3.54. The normalized spacial score (nSPS) is 9.50. The molecule has 0 atom stereocenters. The highest BCUT2D eigenvalue weighted by Crippen LogP contribution is 2.17. The van der Waals surface area contributed by atoms with Crippen LogP contribution in [0, 0.1) is 10.1 Å². The molecule has 3 N–H and O–H groups in total. The smallest absolute Gasteiger partial charge is 0.426 e. The summed E-state index contributed by atoms with van der Waals surface area (Å²) in [5.41, 5.74) is 0.0515. The lowest BCUT2D eigenvalue weighted by Gasteiger charge is -2.11. The van der Waals surface area contributed by atoms with Crippen molar-refractivity contribution in [1.82, 2.24) is 0 Å². The number of carbonyl (C=O) groups is 1. The van der Waals surface area contributed by atoms with Crippen molar-refractivity contribution in [2.45, 2.75) is 0 Å². The van der Waals surface area contributed by atoms with Gasteiger partial charge in [0.1, 0.15) is 0 Å². The van der Waals surface area contributed by atoms with Gasteiger partial charge in [-0.25, -0.2) is 15.6 Å². The second kappa shape index (κ2) is 3.71. The Kier molecular flexibility index (Phi) is 2.63. The highest BCUT2D eigenvalue weighted by atomic mass is 16.6. The van der Waals surface area contributed by atoms with Crippen LogP contribution in [0.15, 0.2) is 24.3 Å². The molecule has 0 radical (unpaired) electrons. The molecule has 1 aromatic rings. The lowest BCUT2D eigenvalue weighted by atomic mass is 10.3. The van der Waals surface area contributed by atoms with Crippen molar-refractivity contribution < 1.29 is 14.8 Å². The molecule has 0 saturated heterocycles. The van der Waals surface area contributed by atoms with Gasteiger partial charge in [-0.2, -0.15) is 0 Å². The molecule has 0 spiro atoms. The van der Waals surface area contributed by atoms with Gasteiger partial charge in [0.2, 0.25) is 0 Å². The van der Waals surface area contributed by atoms with Crippen LogP contribution in [0.2, 0.25) is 0 Å². The maximum absolute atomic E-state index is 10.4. The Balaban J connectivity index is 2.94. The Morgan fingerprint density at radius 3 is 2.29 bits per heavy atom. The minimum absolute atomic E-state index is 0.118. The summed E-state index contributed by atoms with van der Waals surface area (Å²) in [6, 6.07) is 4.87. The number of anilines is 1. The van der Waals surface area contributed by atoms with Crippen LogP contribution in [0.3, 0.4) is 0 Å². The van der Waals surface area contributed by atoms with Gasteiger partial charge < -0.3 is 5.11 Å². The van der Waals surface area contributed by atoms with E-state index in [0.717, 1.165) is 0 Å². The number of nitrogens with two attached hydrogens (primary N) is 1. The zero-order valence-corrected chi connectivity index (χ0v) is 6.95. The van der Waals surface area contributed by atoms with E-state index in [1.54, 1.807) is 0 Å². The minimum Gasteiger partial charge on any atom is -0.464 e. The van der Waals surface area contributed by atoms with E-state index >= 15 is 0 Å². The molecule has 14 heavy (non-hydrogen) atoms. The fraction of sp³-hybridized carbons (Fsp3) is 0. The SMILES string of the molecule is NN(C(=O)O)c1ccc([N+](=O)[O-])cc1. The maximum Gasteiger partial charge on any atom is 0.426 e. The second-order valence-corrected chi connectivity index (χ2v) is 2.43. The molecule has 0 aromatic heterocycles. The number of benzene rings is 1. The fourth-order valence-corrected chi connectivity index (χ4v) is 0.845. The van der Waals surface area contributed by atoms with Crippen molar-refractivity contribution in [3.8, 4) is 0 Å². The first-order valence-electron chi connectivity index (χ1n) is 3.54. The van der Waals surface area contributed by atoms with E-state index < -0.39 is 11.0 Å². The topological polar surface area (TPSA) is 110 Å².